The zero-order valence-corrected chi connectivity index (χ0v) is 10.8. The summed E-state index contributed by atoms with van der Waals surface area (Å²) in [7, 11) is 1.89. The summed E-state index contributed by atoms with van der Waals surface area (Å²) in [5.74, 6) is 0.238. The van der Waals surface area contributed by atoms with Crippen LogP contribution in [0.3, 0.4) is 0 Å². The Morgan fingerprint density at radius 1 is 1.18 bits per heavy atom. The van der Waals surface area contributed by atoms with Crippen molar-refractivity contribution in [2.24, 2.45) is 0 Å². The fourth-order valence-corrected chi connectivity index (χ4v) is 2.64. The van der Waals surface area contributed by atoms with Crippen LogP contribution in [0.15, 0.2) is 30.3 Å². The molecule has 0 unspecified atom stereocenters. The fourth-order valence-electron chi connectivity index (χ4n) is 2.64. The maximum Gasteiger partial charge on any atom is 0.242 e. The highest BCUT2D eigenvalue weighted by molar-refractivity contribution is 5.89. The minimum atomic E-state index is 0.0254. The smallest absolute Gasteiger partial charge is 0.242 e. The van der Waals surface area contributed by atoms with Crippen molar-refractivity contribution in [3.05, 3.63) is 35.9 Å². The van der Waals surface area contributed by atoms with Gasteiger partial charge in [0, 0.05) is 7.05 Å². The van der Waals surface area contributed by atoms with E-state index in [1.54, 1.807) is 0 Å². The molecular weight excluding hydrogens is 212 g/mol. The molecule has 1 aromatic rings. The molecule has 1 fully saturated rings. The summed E-state index contributed by atoms with van der Waals surface area (Å²) >= 11 is 0. The molecule has 0 aliphatic carbocycles. The lowest BCUT2D eigenvalue weighted by Crippen LogP contribution is -2.64. The molecule has 17 heavy (non-hydrogen) atoms. The van der Waals surface area contributed by atoms with Crippen molar-refractivity contribution in [2.45, 2.75) is 25.9 Å². The van der Waals surface area contributed by atoms with E-state index in [2.05, 4.69) is 30.9 Å². The van der Waals surface area contributed by atoms with Crippen LogP contribution in [-0.2, 0) is 4.79 Å². The van der Waals surface area contributed by atoms with Gasteiger partial charge in [0.25, 0.3) is 0 Å². The van der Waals surface area contributed by atoms with E-state index in [-0.39, 0.29) is 18.0 Å². The molecule has 1 aliphatic heterocycles. The molecule has 1 aromatic carbocycles. The Morgan fingerprint density at radius 3 is 2.29 bits per heavy atom. The summed E-state index contributed by atoms with van der Waals surface area (Å²) in [5.41, 5.74) is 1.23. The summed E-state index contributed by atoms with van der Waals surface area (Å²) in [6, 6.07) is 10.5. The van der Waals surface area contributed by atoms with Crippen LogP contribution in [-0.4, -0.2) is 41.9 Å². The Balaban J connectivity index is 2.24. The average molecular weight is 232 g/mol. The number of carbonyl (C=O) groups excluding carboxylic acids is 1. The molecule has 2 atom stereocenters. The number of amides is 1. The third-order valence-electron chi connectivity index (χ3n) is 3.66. The molecule has 0 radical (unpaired) electrons. The summed E-state index contributed by atoms with van der Waals surface area (Å²) in [6.45, 7) is 6.06. The van der Waals surface area contributed by atoms with Crippen molar-refractivity contribution in [3.8, 4) is 0 Å². The van der Waals surface area contributed by atoms with E-state index in [0.29, 0.717) is 0 Å². The highest BCUT2D eigenvalue weighted by atomic mass is 16.2. The van der Waals surface area contributed by atoms with Crippen molar-refractivity contribution in [2.75, 3.05) is 20.1 Å². The number of benzene rings is 1. The van der Waals surface area contributed by atoms with Crippen molar-refractivity contribution in [3.63, 3.8) is 0 Å². The first-order valence-electron chi connectivity index (χ1n) is 6.26. The zero-order valence-electron chi connectivity index (χ0n) is 10.8. The molecule has 3 nitrogen and oxygen atoms in total. The molecule has 2 rings (SSSR count). The van der Waals surface area contributed by atoms with E-state index < -0.39 is 0 Å². The Bertz CT molecular complexity index is 386. The van der Waals surface area contributed by atoms with Gasteiger partial charge < -0.3 is 4.90 Å². The standard InChI is InChI=1S/C14H20N2O/c1-4-16(5-2)13-12(15(3)14(13)17)11-9-7-6-8-10-11/h6-10,12-13H,4-5H2,1-3H3/t12-,13-/m0/s1. The van der Waals surface area contributed by atoms with Gasteiger partial charge in [-0.3, -0.25) is 9.69 Å². The lowest BCUT2D eigenvalue weighted by molar-refractivity contribution is -0.156. The summed E-state index contributed by atoms with van der Waals surface area (Å²) < 4.78 is 0. The largest absolute Gasteiger partial charge is 0.335 e. The van der Waals surface area contributed by atoms with Gasteiger partial charge >= 0.3 is 0 Å². The second-order valence-electron chi connectivity index (χ2n) is 4.47. The minimum absolute atomic E-state index is 0.0254. The quantitative estimate of drug-likeness (QED) is 0.740. The second kappa shape index (κ2) is 4.88. The van der Waals surface area contributed by atoms with Crippen LogP contribution in [0.5, 0.6) is 0 Å². The highest BCUT2D eigenvalue weighted by Gasteiger charge is 2.48. The van der Waals surface area contributed by atoms with Crippen LogP contribution in [0.2, 0.25) is 0 Å². The molecule has 0 saturated carbocycles. The molecular formula is C14H20N2O. The number of likely N-dealkylation sites (tertiary alicyclic amines) is 1. The van der Waals surface area contributed by atoms with Crippen LogP contribution in [0.1, 0.15) is 25.5 Å². The molecule has 3 heteroatoms. The number of hydrogen-bond acceptors (Lipinski definition) is 2. The van der Waals surface area contributed by atoms with E-state index in [1.165, 1.54) is 5.56 Å². The summed E-state index contributed by atoms with van der Waals surface area (Å²) in [6.07, 6.45) is 0. The maximum absolute atomic E-state index is 12.0. The van der Waals surface area contributed by atoms with Gasteiger partial charge in [0.1, 0.15) is 6.04 Å². The van der Waals surface area contributed by atoms with Gasteiger partial charge in [0.2, 0.25) is 5.91 Å². The Labute approximate surface area is 103 Å². The number of carbonyl (C=O) groups is 1. The molecule has 0 spiro atoms. The SMILES string of the molecule is CCN(CC)[C@@H]1C(=O)N(C)[C@H]1c1ccccc1. The Morgan fingerprint density at radius 2 is 1.76 bits per heavy atom. The zero-order chi connectivity index (χ0) is 12.4. The monoisotopic (exact) mass is 232 g/mol. The normalized spacial score (nSPS) is 24.0. The first-order valence-corrected chi connectivity index (χ1v) is 6.26. The van der Waals surface area contributed by atoms with Crippen LogP contribution in [0.4, 0.5) is 0 Å². The maximum atomic E-state index is 12.0. The Hall–Kier alpha value is -1.35. The third kappa shape index (κ3) is 1.95. The number of likely N-dealkylation sites (N-methyl/N-ethyl adjacent to an activating group) is 2. The van der Waals surface area contributed by atoms with Gasteiger partial charge in [0.15, 0.2) is 0 Å². The lowest BCUT2D eigenvalue weighted by Gasteiger charge is -2.49. The van der Waals surface area contributed by atoms with E-state index in [9.17, 15) is 4.79 Å². The number of β-lactam (4-membered cyclic amide) rings is 1. The summed E-state index contributed by atoms with van der Waals surface area (Å²) in [4.78, 5) is 16.1. The predicted octanol–water partition coefficient (Wildman–Crippen LogP) is 1.91. The van der Waals surface area contributed by atoms with E-state index in [4.69, 9.17) is 0 Å². The second-order valence-corrected chi connectivity index (χ2v) is 4.47. The van der Waals surface area contributed by atoms with Crippen LogP contribution >= 0.6 is 0 Å². The van der Waals surface area contributed by atoms with Crippen LogP contribution in [0.25, 0.3) is 0 Å². The van der Waals surface area contributed by atoms with Gasteiger partial charge in [-0.05, 0) is 18.7 Å². The first kappa shape index (κ1) is 12.1. The molecule has 1 saturated heterocycles. The van der Waals surface area contributed by atoms with Gasteiger partial charge in [-0.15, -0.1) is 0 Å². The summed E-state index contributed by atoms with van der Waals surface area (Å²) in [5, 5.41) is 0. The number of nitrogens with zero attached hydrogens (tertiary/aromatic N) is 2. The molecule has 1 amide bonds. The minimum Gasteiger partial charge on any atom is -0.335 e. The molecule has 1 aliphatic rings. The van der Waals surface area contributed by atoms with Crippen molar-refractivity contribution >= 4 is 5.91 Å². The van der Waals surface area contributed by atoms with E-state index in [0.717, 1.165) is 13.1 Å². The van der Waals surface area contributed by atoms with Gasteiger partial charge in [-0.25, -0.2) is 0 Å². The third-order valence-corrected chi connectivity index (χ3v) is 3.66. The van der Waals surface area contributed by atoms with Gasteiger partial charge in [-0.2, -0.15) is 0 Å². The molecule has 0 N–H and O–H groups in total. The molecule has 0 bridgehead atoms. The average Bonchev–Trinajstić information content (AvgIpc) is 2.39. The Kier molecular flexibility index (Phi) is 3.48. The molecule has 0 aromatic heterocycles. The number of hydrogen-bond donors (Lipinski definition) is 0. The van der Waals surface area contributed by atoms with Crippen LogP contribution < -0.4 is 0 Å². The van der Waals surface area contributed by atoms with Crippen molar-refractivity contribution in [1.82, 2.24) is 9.80 Å². The number of rotatable bonds is 4. The lowest BCUT2D eigenvalue weighted by atomic mass is 9.88. The first-order chi connectivity index (χ1) is 8.20. The van der Waals surface area contributed by atoms with E-state index >= 15 is 0 Å². The van der Waals surface area contributed by atoms with E-state index in [1.807, 2.05) is 30.1 Å². The topological polar surface area (TPSA) is 23.6 Å². The highest BCUT2D eigenvalue weighted by Crippen LogP contribution is 2.36. The van der Waals surface area contributed by atoms with Crippen molar-refractivity contribution < 1.29 is 4.79 Å². The van der Waals surface area contributed by atoms with Gasteiger partial charge in [0.05, 0.1) is 6.04 Å². The van der Waals surface area contributed by atoms with Crippen molar-refractivity contribution in [1.29, 1.82) is 0 Å². The fraction of sp³-hybridized carbons (Fsp3) is 0.500. The molecule has 92 valence electrons. The van der Waals surface area contributed by atoms with Crippen LogP contribution in [0, 0.1) is 0 Å². The predicted molar refractivity (Wildman–Crippen MR) is 68.7 cm³/mol. The van der Waals surface area contributed by atoms with Gasteiger partial charge in [-0.1, -0.05) is 44.2 Å². The molecule has 1 heterocycles.